The smallest absolute Gasteiger partial charge is 0.457 e. The van der Waals surface area contributed by atoms with Crippen LogP contribution in [0.2, 0.25) is 0 Å². The molecule has 3 N–H and O–H groups in total. The molecule has 0 heterocycles. The zero-order chi connectivity index (χ0) is 49.5. The lowest BCUT2D eigenvalue weighted by molar-refractivity contribution is -0.154. The van der Waals surface area contributed by atoms with E-state index in [2.05, 4.69) is 123 Å². The minimum Gasteiger partial charge on any atom is -0.457 e. The maximum absolute atomic E-state index is 12.7. The van der Waals surface area contributed by atoms with Gasteiger partial charge in [-0.25, -0.2) is 4.57 Å². The molecule has 0 aromatic heterocycles. The van der Waals surface area contributed by atoms with Crippen LogP contribution in [-0.4, -0.2) is 66.3 Å². The molecule has 0 bridgehead atoms. The van der Waals surface area contributed by atoms with Crippen LogP contribution in [0.4, 0.5) is 0 Å². The molecule has 0 saturated carbocycles. The van der Waals surface area contributed by atoms with Gasteiger partial charge in [-0.1, -0.05) is 213 Å². The maximum atomic E-state index is 12.7. The van der Waals surface area contributed by atoms with Gasteiger partial charge in [0.2, 0.25) is 0 Å². The average Bonchev–Trinajstić information content (AvgIpc) is 3.33. The molecule has 68 heavy (non-hydrogen) atoms. The van der Waals surface area contributed by atoms with Crippen LogP contribution in [0.5, 0.6) is 0 Å². The highest BCUT2D eigenvalue weighted by Gasteiger charge is 2.26. The number of hydrogen-bond acceptors (Lipinski definition) is 8. The third kappa shape index (κ3) is 52.5. The second-order valence-electron chi connectivity index (χ2n) is 17.5. The first-order valence-corrected chi connectivity index (χ1v) is 28.4. The van der Waals surface area contributed by atoms with Crippen molar-refractivity contribution >= 4 is 13.8 Å². The molecule has 390 valence electrons. The molecule has 0 spiro atoms. The lowest BCUT2D eigenvalue weighted by Crippen LogP contribution is -2.29. The normalized spacial score (nSPS) is 14.6. The molecule has 0 fully saturated rings. The summed E-state index contributed by atoms with van der Waals surface area (Å²) in [5, 5.41) is 18.5. The molecule has 9 nitrogen and oxygen atoms in total. The number of aliphatic hydroxyl groups excluding tert-OH is 2. The van der Waals surface area contributed by atoms with Crippen LogP contribution >= 0.6 is 7.82 Å². The minimum absolute atomic E-state index is 0.0358. The van der Waals surface area contributed by atoms with E-state index < -0.39 is 39.2 Å². The van der Waals surface area contributed by atoms with E-state index in [-0.39, 0.29) is 19.6 Å². The van der Waals surface area contributed by atoms with Gasteiger partial charge in [-0.15, -0.1) is 0 Å². The summed E-state index contributed by atoms with van der Waals surface area (Å²) in [6, 6.07) is 0. The van der Waals surface area contributed by atoms with Crippen molar-refractivity contribution in [1.82, 2.24) is 0 Å². The Morgan fingerprint density at radius 2 is 0.794 bits per heavy atom. The molecule has 0 aromatic rings. The monoisotopic (exact) mass is 971 g/mol. The van der Waals surface area contributed by atoms with E-state index in [4.69, 9.17) is 23.6 Å². The second kappa shape index (κ2) is 53.5. The van der Waals surface area contributed by atoms with E-state index in [1.807, 2.05) is 0 Å². The van der Waals surface area contributed by atoms with Crippen LogP contribution in [0.15, 0.2) is 109 Å². The summed E-state index contributed by atoms with van der Waals surface area (Å²) in [5.41, 5.74) is 0. The van der Waals surface area contributed by atoms with Crippen LogP contribution in [0, 0.1) is 0 Å². The van der Waals surface area contributed by atoms with Gasteiger partial charge in [0.15, 0.2) is 0 Å². The zero-order valence-corrected chi connectivity index (χ0v) is 43.9. The van der Waals surface area contributed by atoms with Crippen molar-refractivity contribution < 1.29 is 43.0 Å². The van der Waals surface area contributed by atoms with E-state index in [0.717, 1.165) is 103 Å². The van der Waals surface area contributed by atoms with E-state index >= 15 is 0 Å². The van der Waals surface area contributed by atoms with Crippen LogP contribution in [0.3, 0.4) is 0 Å². The third-order valence-corrected chi connectivity index (χ3v) is 11.9. The van der Waals surface area contributed by atoms with Gasteiger partial charge in [0, 0.05) is 13.0 Å². The number of esters is 1. The molecule has 0 amide bonds. The van der Waals surface area contributed by atoms with Gasteiger partial charge in [0.25, 0.3) is 0 Å². The summed E-state index contributed by atoms with van der Waals surface area (Å²) in [7, 11) is -4.54. The quantitative estimate of drug-likeness (QED) is 0.0236. The average molecular weight is 971 g/mol. The molecule has 0 aliphatic heterocycles. The molecule has 0 radical (unpaired) electrons. The molecule has 3 unspecified atom stereocenters. The number of hydrogen-bond donors (Lipinski definition) is 3. The number of phosphoric acid groups is 1. The summed E-state index contributed by atoms with van der Waals surface area (Å²) in [4.78, 5) is 22.7. The number of carbonyl (C=O) groups is 1. The minimum atomic E-state index is -4.54. The fourth-order valence-electron chi connectivity index (χ4n) is 6.96. The first-order valence-electron chi connectivity index (χ1n) is 26.9. The first-order chi connectivity index (χ1) is 33.3. The van der Waals surface area contributed by atoms with E-state index in [1.165, 1.54) is 77.0 Å². The highest BCUT2D eigenvalue weighted by molar-refractivity contribution is 7.47. The Bertz CT molecular complexity index is 1430. The Labute approximate surface area is 416 Å². The van der Waals surface area contributed by atoms with Gasteiger partial charge in [-0.05, 0) is 96.3 Å². The van der Waals surface area contributed by atoms with Crippen molar-refractivity contribution in [1.29, 1.82) is 0 Å². The molecule has 3 atom stereocenters. The van der Waals surface area contributed by atoms with Crippen molar-refractivity contribution in [3.8, 4) is 0 Å². The summed E-state index contributed by atoms with van der Waals surface area (Å²) in [6.45, 7) is 3.27. The Morgan fingerprint density at radius 1 is 0.456 bits per heavy atom. The molecule has 0 aliphatic rings. The molecule has 10 heteroatoms. The highest BCUT2D eigenvalue weighted by Crippen LogP contribution is 2.43. The molecule has 0 saturated heterocycles. The zero-order valence-electron chi connectivity index (χ0n) is 43.0. The van der Waals surface area contributed by atoms with Crippen molar-refractivity contribution in [3.05, 3.63) is 109 Å². The second-order valence-corrected chi connectivity index (χ2v) is 18.9. The standard InChI is InChI=1S/C58H99O9P/c1-3-5-7-9-11-13-15-17-19-21-23-25-27-29-31-33-35-37-39-41-43-45-47-49-51-64-54-57(55-66-68(62,63)65-53-56(60)52-59)67-58(61)50-48-46-44-42-40-38-36-34-32-30-28-26-24-22-20-18-16-14-12-10-8-6-4-2/h5-8,11-14,17-20,23-26,30,32,56-57,59-60H,3-4,9-10,15-16,21-22,27-29,31,33-55H2,1-2H3,(H,62,63)/b7-5-,8-6-,13-11-,14-12-,19-17-,20-18-,25-23-,26-24-,32-30-. The largest absolute Gasteiger partial charge is 0.472 e. The summed E-state index contributed by atoms with van der Waals surface area (Å²) >= 11 is 0. The fraction of sp³-hybridized carbons (Fsp3) is 0.672. The molecular weight excluding hydrogens is 872 g/mol. The Morgan fingerprint density at radius 3 is 1.19 bits per heavy atom. The van der Waals surface area contributed by atoms with E-state index in [1.54, 1.807) is 0 Å². The van der Waals surface area contributed by atoms with Gasteiger partial charge in [0.05, 0.1) is 26.4 Å². The van der Waals surface area contributed by atoms with Crippen molar-refractivity contribution in [3.63, 3.8) is 0 Å². The predicted octanol–water partition coefficient (Wildman–Crippen LogP) is 16.2. The van der Waals surface area contributed by atoms with Crippen LogP contribution < -0.4 is 0 Å². The predicted molar refractivity (Wildman–Crippen MR) is 288 cm³/mol. The lowest BCUT2D eigenvalue weighted by Gasteiger charge is -2.20. The number of aliphatic hydroxyl groups is 2. The van der Waals surface area contributed by atoms with Crippen molar-refractivity contribution in [2.75, 3.05) is 33.0 Å². The number of phosphoric ester groups is 1. The van der Waals surface area contributed by atoms with Gasteiger partial charge >= 0.3 is 13.8 Å². The summed E-state index contributed by atoms with van der Waals surface area (Å²) in [6.07, 6.45) is 70.5. The molecule has 0 rings (SSSR count). The molecule has 0 aliphatic carbocycles. The van der Waals surface area contributed by atoms with Crippen LogP contribution in [-0.2, 0) is 27.9 Å². The SMILES string of the molecule is CC/C=C\C/C=C\C/C=C\C/C=C\C/C=C\CCCCCCCCCC(=O)OC(COCCCCCCCCCCCCC/C=C\C/C=C\C/C=C\C/C=C\CC)COP(=O)(O)OCC(O)CO. The summed E-state index contributed by atoms with van der Waals surface area (Å²) < 4.78 is 33.6. The fourth-order valence-corrected chi connectivity index (χ4v) is 7.75. The van der Waals surface area contributed by atoms with E-state index in [0.29, 0.717) is 13.0 Å². The Kier molecular flexibility index (Phi) is 51.2. The van der Waals surface area contributed by atoms with Gasteiger partial charge in [-0.3, -0.25) is 13.8 Å². The Hall–Kier alpha value is -2.88. The van der Waals surface area contributed by atoms with Gasteiger partial charge in [-0.2, -0.15) is 0 Å². The summed E-state index contributed by atoms with van der Waals surface area (Å²) in [5.74, 6) is -0.398. The van der Waals surface area contributed by atoms with E-state index in [9.17, 15) is 19.4 Å². The Balaban J connectivity index is 4.11. The van der Waals surface area contributed by atoms with Crippen LogP contribution in [0.25, 0.3) is 0 Å². The topological polar surface area (TPSA) is 132 Å². The van der Waals surface area contributed by atoms with Crippen molar-refractivity contribution in [2.24, 2.45) is 0 Å². The van der Waals surface area contributed by atoms with Gasteiger partial charge < -0.3 is 24.6 Å². The van der Waals surface area contributed by atoms with Crippen LogP contribution in [0.1, 0.15) is 206 Å². The highest BCUT2D eigenvalue weighted by atomic mass is 31.2. The number of ether oxygens (including phenoxy) is 2. The molecular formula is C58H99O9P. The number of allylic oxidation sites excluding steroid dienone is 18. The number of unbranched alkanes of at least 4 members (excludes halogenated alkanes) is 18. The van der Waals surface area contributed by atoms with Gasteiger partial charge in [0.1, 0.15) is 12.2 Å². The van der Waals surface area contributed by atoms with Crippen molar-refractivity contribution in [2.45, 2.75) is 219 Å². The maximum Gasteiger partial charge on any atom is 0.472 e. The number of carbonyl (C=O) groups excluding carboxylic acids is 1. The lowest BCUT2D eigenvalue weighted by atomic mass is 10.1. The molecule has 0 aromatic carbocycles. The third-order valence-electron chi connectivity index (χ3n) is 11.0. The first kappa shape index (κ1) is 65.1. The number of rotatable bonds is 50.